The Hall–Kier alpha value is -2.84. The van der Waals surface area contributed by atoms with E-state index in [1.807, 2.05) is 18.2 Å². The number of nitrogens with zero attached hydrogens (tertiary/aromatic N) is 1. The number of para-hydroxylation sites is 1. The van der Waals surface area contributed by atoms with E-state index in [1.165, 1.54) is 12.1 Å². The highest BCUT2D eigenvalue weighted by Gasteiger charge is 2.12. The lowest BCUT2D eigenvalue weighted by Gasteiger charge is -2.14. The first-order valence-corrected chi connectivity index (χ1v) is 7.36. The molecule has 0 saturated carbocycles. The van der Waals surface area contributed by atoms with Gasteiger partial charge in [-0.3, -0.25) is 10.9 Å². The van der Waals surface area contributed by atoms with E-state index in [2.05, 4.69) is 26.9 Å². The van der Waals surface area contributed by atoms with Crippen LogP contribution in [0.25, 0.3) is 0 Å². The van der Waals surface area contributed by atoms with Crippen LogP contribution in [0.2, 0.25) is 0 Å². The second-order valence-electron chi connectivity index (χ2n) is 5.03. The van der Waals surface area contributed by atoms with E-state index < -0.39 is 0 Å². The summed E-state index contributed by atoms with van der Waals surface area (Å²) in [5.41, 5.74) is 12.7. The molecule has 0 radical (unpaired) electrons. The van der Waals surface area contributed by atoms with Crippen molar-refractivity contribution < 1.29 is 13.9 Å². The summed E-state index contributed by atoms with van der Waals surface area (Å²) in [5, 5.41) is 0. The van der Waals surface area contributed by atoms with E-state index in [0.717, 1.165) is 11.1 Å². The van der Waals surface area contributed by atoms with Crippen molar-refractivity contribution >= 4 is 5.96 Å². The third-order valence-electron chi connectivity index (χ3n) is 3.41. The predicted octanol–water partition coefficient (Wildman–Crippen LogP) is 1.39. The zero-order valence-corrected chi connectivity index (χ0v) is 13.1. The lowest BCUT2D eigenvalue weighted by molar-refractivity contribution is 0.281. The maximum atomic E-state index is 13.0. The van der Waals surface area contributed by atoms with E-state index in [1.54, 1.807) is 19.2 Å². The molecule has 0 aliphatic carbocycles. The van der Waals surface area contributed by atoms with Crippen LogP contribution in [-0.2, 0) is 13.2 Å². The number of aliphatic imine (C=N–C) groups is 1. The number of ether oxygens (including phenoxy) is 2. The number of nitrogens with one attached hydrogen (secondary N) is 4. The first kappa shape index (κ1) is 16.0. The van der Waals surface area contributed by atoms with Crippen LogP contribution in [0.4, 0.5) is 4.39 Å². The quantitative estimate of drug-likeness (QED) is 0.641. The summed E-state index contributed by atoms with van der Waals surface area (Å²) in [7, 11) is 1.59. The van der Waals surface area contributed by atoms with Crippen molar-refractivity contribution in [1.82, 2.24) is 21.9 Å². The van der Waals surface area contributed by atoms with Crippen molar-refractivity contribution in [3.05, 3.63) is 59.4 Å². The summed E-state index contributed by atoms with van der Waals surface area (Å²) in [4.78, 5) is 4.38. The number of methoxy groups -OCH3 is 1. The molecular formula is C16H18FN5O2. The fourth-order valence-electron chi connectivity index (χ4n) is 2.20. The molecule has 0 bridgehead atoms. The number of rotatable bonds is 6. The molecule has 0 atom stereocenters. The Morgan fingerprint density at radius 2 is 1.79 bits per heavy atom. The van der Waals surface area contributed by atoms with Crippen LogP contribution in [0.3, 0.4) is 0 Å². The summed E-state index contributed by atoms with van der Waals surface area (Å²) in [5.74, 6) is 1.54. The highest BCUT2D eigenvalue weighted by Crippen LogP contribution is 2.32. The molecule has 7 nitrogen and oxygen atoms in total. The van der Waals surface area contributed by atoms with Gasteiger partial charge in [0.2, 0.25) is 5.96 Å². The largest absolute Gasteiger partial charge is 0.493 e. The SMILES string of the molecule is COc1cccc(CN=C2NNNN2)c1OCc1ccc(F)cc1. The molecule has 1 saturated heterocycles. The number of hydrogen-bond acceptors (Lipinski definition) is 5. The lowest BCUT2D eigenvalue weighted by Crippen LogP contribution is -2.33. The topological polar surface area (TPSA) is 78.9 Å². The molecule has 1 fully saturated rings. The molecular weight excluding hydrogens is 313 g/mol. The first-order chi connectivity index (χ1) is 11.8. The van der Waals surface area contributed by atoms with Crippen LogP contribution in [-0.4, -0.2) is 13.1 Å². The Morgan fingerprint density at radius 3 is 2.50 bits per heavy atom. The molecule has 1 aliphatic rings. The van der Waals surface area contributed by atoms with Crippen molar-refractivity contribution in [2.75, 3.05) is 7.11 Å². The summed E-state index contributed by atoms with van der Waals surface area (Å²) in [6, 6.07) is 11.8. The first-order valence-electron chi connectivity index (χ1n) is 7.36. The Bertz CT molecular complexity index is 713. The van der Waals surface area contributed by atoms with Crippen LogP contribution in [0.5, 0.6) is 11.5 Å². The van der Waals surface area contributed by atoms with E-state index in [-0.39, 0.29) is 5.82 Å². The van der Waals surface area contributed by atoms with Crippen LogP contribution in [0, 0.1) is 5.82 Å². The lowest BCUT2D eigenvalue weighted by atomic mass is 10.2. The molecule has 0 aromatic heterocycles. The highest BCUT2D eigenvalue weighted by molar-refractivity contribution is 5.79. The van der Waals surface area contributed by atoms with Gasteiger partial charge in [0.05, 0.1) is 13.7 Å². The van der Waals surface area contributed by atoms with Gasteiger partial charge in [-0.1, -0.05) is 24.3 Å². The predicted molar refractivity (Wildman–Crippen MR) is 87.4 cm³/mol. The number of hydrazine groups is 3. The van der Waals surface area contributed by atoms with Gasteiger partial charge in [-0.2, -0.15) is 11.1 Å². The Balaban J connectivity index is 1.76. The van der Waals surface area contributed by atoms with Crippen LogP contribution in [0.1, 0.15) is 11.1 Å². The van der Waals surface area contributed by atoms with Crippen molar-refractivity contribution in [2.45, 2.75) is 13.2 Å². The van der Waals surface area contributed by atoms with Crippen molar-refractivity contribution in [1.29, 1.82) is 0 Å². The highest BCUT2D eigenvalue weighted by atomic mass is 19.1. The molecule has 2 aromatic rings. The standard InChI is InChI=1S/C16H18FN5O2/c1-23-14-4-2-3-12(9-18-16-19-21-22-20-16)15(14)24-10-11-5-7-13(17)8-6-11/h2-8,21-22H,9-10H2,1H3,(H2,18,19,20). The van der Waals surface area contributed by atoms with Gasteiger partial charge in [-0.05, 0) is 23.8 Å². The van der Waals surface area contributed by atoms with E-state index >= 15 is 0 Å². The Morgan fingerprint density at radius 1 is 1.04 bits per heavy atom. The van der Waals surface area contributed by atoms with Crippen LogP contribution >= 0.6 is 0 Å². The summed E-state index contributed by atoms with van der Waals surface area (Å²) < 4.78 is 24.3. The Kier molecular flexibility index (Phi) is 5.09. The van der Waals surface area contributed by atoms with Gasteiger partial charge in [0.1, 0.15) is 12.4 Å². The fraction of sp³-hybridized carbons (Fsp3) is 0.188. The molecule has 3 rings (SSSR count). The molecule has 0 spiro atoms. The number of guanidine groups is 1. The maximum Gasteiger partial charge on any atom is 0.223 e. The number of halogens is 1. The molecule has 126 valence electrons. The van der Waals surface area contributed by atoms with Crippen molar-refractivity contribution in [3.8, 4) is 11.5 Å². The average Bonchev–Trinajstić information content (AvgIpc) is 3.13. The molecule has 0 amide bonds. The molecule has 2 aromatic carbocycles. The minimum atomic E-state index is -0.272. The Labute approximate surface area is 138 Å². The second-order valence-corrected chi connectivity index (χ2v) is 5.03. The van der Waals surface area contributed by atoms with Gasteiger partial charge in [0, 0.05) is 5.56 Å². The summed E-state index contributed by atoms with van der Waals surface area (Å²) in [6.45, 7) is 0.707. The second kappa shape index (κ2) is 7.62. The molecule has 24 heavy (non-hydrogen) atoms. The van der Waals surface area contributed by atoms with Gasteiger partial charge in [-0.15, -0.1) is 0 Å². The van der Waals surface area contributed by atoms with Crippen molar-refractivity contribution in [3.63, 3.8) is 0 Å². The normalized spacial score (nSPS) is 13.2. The van der Waals surface area contributed by atoms with Crippen LogP contribution < -0.4 is 31.4 Å². The van der Waals surface area contributed by atoms with Crippen LogP contribution in [0.15, 0.2) is 47.5 Å². The maximum absolute atomic E-state index is 13.0. The fourth-order valence-corrected chi connectivity index (χ4v) is 2.20. The van der Waals surface area contributed by atoms with Gasteiger partial charge in [0.15, 0.2) is 11.5 Å². The van der Waals surface area contributed by atoms with E-state index in [9.17, 15) is 4.39 Å². The van der Waals surface area contributed by atoms with Crippen molar-refractivity contribution in [2.24, 2.45) is 4.99 Å². The number of benzene rings is 2. The minimum absolute atomic E-state index is 0.272. The van der Waals surface area contributed by atoms with E-state index in [4.69, 9.17) is 9.47 Å². The van der Waals surface area contributed by atoms with Gasteiger partial charge < -0.3 is 9.47 Å². The molecule has 4 N–H and O–H groups in total. The molecule has 0 unspecified atom stereocenters. The number of hydrogen-bond donors (Lipinski definition) is 4. The monoisotopic (exact) mass is 331 g/mol. The smallest absolute Gasteiger partial charge is 0.223 e. The third-order valence-corrected chi connectivity index (χ3v) is 3.41. The zero-order valence-electron chi connectivity index (χ0n) is 13.1. The molecule has 8 heteroatoms. The zero-order chi connectivity index (χ0) is 16.8. The van der Waals surface area contributed by atoms with E-state index in [0.29, 0.717) is 30.6 Å². The molecule has 1 aliphatic heterocycles. The summed E-state index contributed by atoms with van der Waals surface area (Å²) in [6.07, 6.45) is 0. The molecule has 1 heterocycles. The van der Waals surface area contributed by atoms with Gasteiger partial charge >= 0.3 is 0 Å². The average molecular weight is 331 g/mol. The van der Waals surface area contributed by atoms with Gasteiger partial charge in [0.25, 0.3) is 0 Å². The summed E-state index contributed by atoms with van der Waals surface area (Å²) >= 11 is 0. The van der Waals surface area contributed by atoms with Gasteiger partial charge in [-0.25, -0.2) is 9.38 Å². The minimum Gasteiger partial charge on any atom is -0.493 e. The third kappa shape index (κ3) is 3.92.